The molecule has 19 heavy (non-hydrogen) atoms. The molecule has 0 aromatic rings. The van der Waals surface area contributed by atoms with Gasteiger partial charge in [0, 0.05) is 19.0 Å². The molecule has 1 aliphatic carbocycles. The van der Waals surface area contributed by atoms with E-state index in [9.17, 15) is 0 Å². The van der Waals surface area contributed by atoms with Crippen molar-refractivity contribution in [2.45, 2.75) is 31.1 Å². The second-order valence-electron chi connectivity index (χ2n) is 4.98. The lowest BCUT2D eigenvalue weighted by molar-refractivity contribution is 0.0254. The van der Waals surface area contributed by atoms with Crippen LogP contribution >= 0.6 is 11.6 Å². The van der Waals surface area contributed by atoms with E-state index in [4.69, 9.17) is 25.8 Å². The molecule has 1 aliphatic rings. The van der Waals surface area contributed by atoms with Gasteiger partial charge >= 0.3 is 0 Å². The van der Waals surface area contributed by atoms with Crippen LogP contribution in [0.5, 0.6) is 0 Å². The zero-order valence-corrected chi connectivity index (χ0v) is 12.8. The first kappa shape index (κ1) is 17.2. The van der Waals surface area contributed by atoms with E-state index in [-0.39, 0.29) is 0 Å². The maximum atomic E-state index is 6.31. The predicted octanol–water partition coefficient (Wildman–Crippen LogP) is 2.05. The Bertz CT molecular complexity index is 207. The molecule has 0 bridgehead atoms. The number of rotatable bonds is 11. The van der Waals surface area contributed by atoms with Crippen molar-refractivity contribution in [1.82, 2.24) is 5.32 Å². The van der Waals surface area contributed by atoms with Crippen LogP contribution < -0.4 is 5.32 Å². The number of hydrogen-bond acceptors (Lipinski definition) is 4. The summed E-state index contributed by atoms with van der Waals surface area (Å²) in [5, 5.41) is 3.78. The van der Waals surface area contributed by atoms with Gasteiger partial charge in [-0.25, -0.2) is 0 Å². The van der Waals surface area contributed by atoms with Gasteiger partial charge in [-0.1, -0.05) is 12.8 Å². The van der Waals surface area contributed by atoms with Crippen LogP contribution in [0.2, 0.25) is 0 Å². The van der Waals surface area contributed by atoms with Crippen molar-refractivity contribution in [3.05, 3.63) is 0 Å². The number of alkyl halides is 1. The van der Waals surface area contributed by atoms with E-state index < -0.39 is 0 Å². The minimum Gasteiger partial charge on any atom is -0.382 e. The molecule has 1 fully saturated rings. The highest BCUT2D eigenvalue weighted by atomic mass is 35.5. The Kier molecular flexibility index (Phi) is 10.8. The molecule has 2 unspecified atom stereocenters. The van der Waals surface area contributed by atoms with Gasteiger partial charge in [-0.15, -0.1) is 11.6 Å². The van der Waals surface area contributed by atoms with Crippen molar-refractivity contribution < 1.29 is 14.2 Å². The number of nitrogens with one attached hydrogen (secondary N) is 1. The van der Waals surface area contributed by atoms with Crippen molar-refractivity contribution in [3.8, 4) is 0 Å². The quantitative estimate of drug-likeness (QED) is 0.467. The van der Waals surface area contributed by atoms with Gasteiger partial charge in [-0.3, -0.25) is 0 Å². The molecule has 0 amide bonds. The van der Waals surface area contributed by atoms with Crippen LogP contribution in [0.25, 0.3) is 0 Å². The average molecular weight is 294 g/mol. The molecule has 0 radical (unpaired) electrons. The van der Waals surface area contributed by atoms with Gasteiger partial charge < -0.3 is 19.5 Å². The Morgan fingerprint density at radius 1 is 1.00 bits per heavy atom. The molecule has 5 heteroatoms. The van der Waals surface area contributed by atoms with Crippen LogP contribution in [0.1, 0.15) is 25.7 Å². The van der Waals surface area contributed by atoms with Gasteiger partial charge in [0.2, 0.25) is 0 Å². The summed E-state index contributed by atoms with van der Waals surface area (Å²) in [6.07, 6.45) is 5.04. The third-order valence-corrected chi connectivity index (χ3v) is 4.02. The average Bonchev–Trinajstić information content (AvgIpc) is 2.43. The summed E-state index contributed by atoms with van der Waals surface area (Å²) in [6.45, 7) is 5.19. The molecule has 0 aliphatic heterocycles. The fraction of sp³-hybridized carbons (Fsp3) is 1.00. The van der Waals surface area contributed by atoms with E-state index in [1.807, 2.05) is 0 Å². The molecule has 2 atom stereocenters. The number of methoxy groups -OCH3 is 1. The highest BCUT2D eigenvalue weighted by Gasteiger charge is 2.22. The minimum atomic E-state index is 0.358. The molecule has 0 aromatic carbocycles. The molecule has 114 valence electrons. The Morgan fingerprint density at radius 2 is 1.68 bits per heavy atom. The lowest BCUT2D eigenvalue weighted by Gasteiger charge is -2.27. The second kappa shape index (κ2) is 11.9. The summed E-state index contributed by atoms with van der Waals surface area (Å²) < 4.78 is 15.7. The topological polar surface area (TPSA) is 39.7 Å². The molecule has 0 heterocycles. The first-order valence-electron chi connectivity index (χ1n) is 7.34. The monoisotopic (exact) mass is 293 g/mol. The normalized spacial score (nSPS) is 23.7. The standard InChI is InChI=1S/C14H28ClNO3/c1-17-8-9-19-11-10-18-7-6-16-12-13-4-2-3-5-14(13)15/h13-14,16H,2-12H2,1H3. The fourth-order valence-corrected chi connectivity index (χ4v) is 2.66. The van der Waals surface area contributed by atoms with E-state index in [1.165, 1.54) is 25.7 Å². The van der Waals surface area contributed by atoms with Crippen LogP contribution in [-0.4, -0.2) is 58.6 Å². The summed E-state index contributed by atoms with van der Waals surface area (Å²) in [6, 6.07) is 0. The maximum absolute atomic E-state index is 6.31. The van der Waals surface area contributed by atoms with Crippen molar-refractivity contribution in [3.63, 3.8) is 0 Å². The van der Waals surface area contributed by atoms with Gasteiger partial charge in [-0.05, 0) is 25.3 Å². The first-order chi connectivity index (χ1) is 9.34. The Labute approximate surface area is 122 Å². The van der Waals surface area contributed by atoms with Crippen LogP contribution in [0, 0.1) is 5.92 Å². The van der Waals surface area contributed by atoms with Crippen molar-refractivity contribution in [2.75, 3.05) is 53.2 Å². The van der Waals surface area contributed by atoms with Crippen molar-refractivity contribution in [1.29, 1.82) is 0 Å². The fourth-order valence-electron chi connectivity index (χ4n) is 2.29. The molecule has 0 aromatic heterocycles. The molecule has 0 saturated heterocycles. The summed E-state index contributed by atoms with van der Waals surface area (Å²) >= 11 is 6.31. The maximum Gasteiger partial charge on any atom is 0.0701 e. The van der Waals surface area contributed by atoms with Crippen LogP contribution in [0.3, 0.4) is 0 Å². The smallest absolute Gasteiger partial charge is 0.0701 e. The Balaban J connectivity index is 1.80. The molecule has 1 rings (SSSR count). The van der Waals surface area contributed by atoms with Crippen molar-refractivity contribution >= 4 is 11.6 Å². The Morgan fingerprint density at radius 3 is 2.42 bits per heavy atom. The van der Waals surface area contributed by atoms with Crippen molar-refractivity contribution in [2.24, 2.45) is 5.92 Å². The van der Waals surface area contributed by atoms with E-state index >= 15 is 0 Å². The third kappa shape index (κ3) is 8.82. The van der Waals surface area contributed by atoms with E-state index in [0.717, 1.165) is 19.7 Å². The van der Waals surface area contributed by atoms with Gasteiger partial charge in [0.25, 0.3) is 0 Å². The van der Waals surface area contributed by atoms with Gasteiger partial charge in [0.15, 0.2) is 0 Å². The molecule has 4 nitrogen and oxygen atoms in total. The van der Waals surface area contributed by atoms with Gasteiger partial charge in [0.1, 0.15) is 0 Å². The summed E-state index contributed by atoms with van der Waals surface area (Å²) in [7, 11) is 1.67. The number of hydrogen-bond donors (Lipinski definition) is 1. The number of halogens is 1. The SMILES string of the molecule is COCCOCCOCCNCC1CCCCC1Cl. The first-order valence-corrected chi connectivity index (χ1v) is 7.77. The highest BCUT2D eigenvalue weighted by Crippen LogP contribution is 2.27. The van der Waals surface area contributed by atoms with Gasteiger partial charge in [-0.2, -0.15) is 0 Å². The zero-order chi connectivity index (χ0) is 13.8. The predicted molar refractivity (Wildman–Crippen MR) is 78.0 cm³/mol. The molecule has 1 saturated carbocycles. The second-order valence-corrected chi connectivity index (χ2v) is 5.54. The molecular formula is C14H28ClNO3. The number of ether oxygens (including phenoxy) is 3. The zero-order valence-electron chi connectivity index (χ0n) is 12.0. The molecule has 0 spiro atoms. The lowest BCUT2D eigenvalue weighted by atomic mass is 9.89. The summed E-state index contributed by atoms with van der Waals surface area (Å²) in [5.74, 6) is 0.632. The van der Waals surface area contributed by atoms with E-state index in [1.54, 1.807) is 7.11 Å². The van der Waals surface area contributed by atoms with E-state index in [2.05, 4.69) is 5.32 Å². The molecular weight excluding hydrogens is 266 g/mol. The highest BCUT2D eigenvalue weighted by molar-refractivity contribution is 6.20. The van der Waals surface area contributed by atoms with Crippen LogP contribution in [0.4, 0.5) is 0 Å². The Hall–Kier alpha value is 0.130. The van der Waals surface area contributed by atoms with Crippen LogP contribution in [-0.2, 0) is 14.2 Å². The minimum absolute atomic E-state index is 0.358. The summed E-state index contributed by atoms with van der Waals surface area (Å²) in [5.41, 5.74) is 0. The lowest BCUT2D eigenvalue weighted by Crippen LogP contribution is -2.33. The van der Waals surface area contributed by atoms with E-state index in [0.29, 0.717) is 37.7 Å². The third-order valence-electron chi connectivity index (χ3n) is 3.45. The van der Waals surface area contributed by atoms with Gasteiger partial charge in [0.05, 0.1) is 33.0 Å². The van der Waals surface area contributed by atoms with Crippen LogP contribution in [0.15, 0.2) is 0 Å². The largest absolute Gasteiger partial charge is 0.382 e. The summed E-state index contributed by atoms with van der Waals surface area (Å²) in [4.78, 5) is 0. The molecule has 1 N–H and O–H groups in total.